The van der Waals surface area contributed by atoms with E-state index in [0.29, 0.717) is 5.54 Å². The smallest absolute Gasteiger partial charge is 0.0994 e. The molecule has 0 rings (SSSR count). The largest absolute Gasteiger partial charge is 0.316 e. The first kappa shape index (κ1) is 71.0. The summed E-state index contributed by atoms with van der Waals surface area (Å²) in [5.41, 5.74) is 0.474. The van der Waals surface area contributed by atoms with Crippen LogP contribution in [0.25, 0.3) is 0 Å². The van der Waals surface area contributed by atoms with Crippen molar-refractivity contribution in [2.45, 2.75) is 439 Å². The molecule has 0 aromatic rings. The van der Waals surface area contributed by atoms with Crippen molar-refractivity contribution in [1.29, 1.82) is 0 Å². The van der Waals surface area contributed by atoms with E-state index in [1.807, 2.05) is 0 Å². The quantitative estimate of drug-likeness (QED) is 0.0421. The molecule has 0 fully saturated rings. The van der Waals surface area contributed by atoms with Crippen LogP contribution in [-0.2, 0) is 0 Å². The molecule has 1 atom stereocenters. The van der Waals surface area contributed by atoms with Crippen LogP contribution >= 0.6 is 0 Å². The van der Waals surface area contributed by atoms with Gasteiger partial charge in [-0.05, 0) is 70.6 Å². The molecule has 0 aliphatic heterocycles. The third-order valence-corrected chi connectivity index (χ3v) is 18.2. The molecule has 0 aliphatic carbocycles. The molecule has 1 heteroatoms. The SMILES string of the molecule is CCCCCCCCCCC(CCCCCCCCCC)[N+](CCCCCCCC)(CCCCCCCCCC)C(CCCCCCCCCC)(CCCCCCCCCC)CCCCCCCCCC. The van der Waals surface area contributed by atoms with E-state index in [9.17, 15) is 0 Å². The fourth-order valence-corrected chi connectivity index (χ4v) is 13.5. The molecule has 0 bridgehead atoms. The van der Waals surface area contributed by atoms with Gasteiger partial charge in [-0.15, -0.1) is 0 Å². The summed E-state index contributed by atoms with van der Waals surface area (Å²) in [6.07, 6.45) is 86.9. The van der Waals surface area contributed by atoms with Crippen LogP contribution in [0.2, 0.25) is 0 Å². The first-order valence-electron chi connectivity index (χ1n) is 34.9. The molecular weight excluding hydrogens is 855 g/mol. The Hall–Kier alpha value is -0.0400. The number of quaternary nitrogens is 1. The zero-order valence-corrected chi connectivity index (χ0v) is 51.7. The van der Waals surface area contributed by atoms with E-state index in [4.69, 9.17) is 0 Å². The number of hydrogen-bond acceptors (Lipinski definition) is 0. The average molecular weight is 1000 g/mol. The van der Waals surface area contributed by atoms with Gasteiger partial charge in [-0.2, -0.15) is 0 Å². The van der Waals surface area contributed by atoms with Gasteiger partial charge in [0.2, 0.25) is 0 Å². The Labute approximate surface area is 454 Å². The normalized spacial score (nSPS) is 13.0. The third kappa shape index (κ3) is 41.8. The highest BCUT2D eigenvalue weighted by molar-refractivity contribution is 4.87. The van der Waals surface area contributed by atoms with Gasteiger partial charge in [-0.3, -0.25) is 0 Å². The second-order valence-corrected chi connectivity index (χ2v) is 24.8. The second kappa shape index (κ2) is 57.7. The van der Waals surface area contributed by atoms with E-state index in [1.165, 1.54) is 373 Å². The maximum absolute atomic E-state index is 2.42. The molecule has 428 valence electrons. The number of hydrogen-bond donors (Lipinski definition) is 0. The lowest BCUT2D eigenvalue weighted by molar-refractivity contribution is -1.000. The summed E-state index contributed by atoms with van der Waals surface area (Å²) in [5.74, 6) is 0. The fourth-order valence-electron chi connectivity index (χ4n) is 13.5. The highest BCUT2D eigenvalue weighted by Gasteiger charge is 2.52. The minimum Gasteiger partial charge on any atom is -0.316 e. The first-order valence-corrected chi connectivity index (χ1v) is 34.9. The standard InChI is InChI=1S/C70H144N/c1-8-15-22-29-36-42-48-55-62-69(63-56-49-43-37-30-23-16-9-2)71(67-60-53-35-28-21-14-7,68-61-54-47-41-34-27-20-13-6)70(64-57-50-44-38-31-24-17-10-3,65-58-51-45-39-32-25-18-11-4)66-59-52-46-40-33-26-19-12-5/h69H,8-68H2,1-7H3/q+1. The summed E-state index contributed by atoms with van der Waals surface area (Å²) >= 11 is 0. The summed E-state index contributed by atoms with van der Waals surface area (Å²) in [4.78, 5) is 0. The molecule has 1 unspecified atom stereocenters. The lowest BCUT2D eigenvalue weighted by atomic mass is 9.74. The van der Waals surface area contributed by atoms with Gasteiger partial charge in [-0.1, -0.05) is 337 Å². The predicted molar refractivity (Wildman–Crippen MR) is 329 cm³/mol. The van der Waals surface area contributed by atoms with Crippen molar-refractivity contribution in [2.24, 2.45) is 0 Å². The zero-order valence-electron chi connectivity index (χ0n) is 51.7. The molecule has 0 amide bonds. The van der Waals surface area contributed by atoms with E-state index >= 15 is 0 Å². The number of unbranched alkanes of at least 4 members (excludes halogenated alkanes) is 47. The summed E-state index contributed by atoms with van der Waals surface area (Å²) in [7, 11) is 0. The maximum atomic E-state index is 2.42. The van der Waals surface area contributed by atoms with Gasteiger partial charge in [0.1, 0.15) is 0 Å². The van der Waals surface area contributed by atoms with Crippen molar-refractivity contribution in [3.63, 3.8) is 0 Å². The molecule has 1 nitrogen and oxygen atoms in total. The topological polar surface area (TPSA) is 0 Å². The maximum Gasteiger partial charge on any atom is 0.0994 e. The Bertz CT molecular complexity index is 885. The van der Waals surface area contributed by atoms with Crippen molar-refractivity contribution in [2.75, 3.05) is 13.1 Å². The van der Waals surface area contributed by atoms with E-state index in [-0.39, 0.29) is 0 Å². The lowest BCUT2D eigenvalue weighted by Crippen LogP contribution is -2.69. The van der Waals surface area contributed by atoms with Crippen LogP contribution in [0.5, 0.6) is 0 Å². The molecule has 0 aromatic carbocycles. The van der Waals surface area contributed by atoms with Crippen molar-refractivity contribution >= 4 is 0 Å². The minimum atomic E-state index is 0.474. The molecular formula is C70H144N+. The highest BCUT2D eigenvalue weighted by Crippen LogP contribution is 2.46. The summed E-state index contributed by atoms with van der Waals surface area (Å²) in [5, 5.41) is 0. The van der Waals surface area contributed by atoms with Gasteiger partial charge in [0.05, 0.1) is 24.7 Å². The molecule has 0 spiro atoms. The van der Waals surface area contributed by atoms with Gasteiger partial charge < -0.3 is 4.48 Å². The Balaban J connectivity index is 7.47. The minimum absolute atomic E-state index is 0.474. The number of rotatable bonds is 63. The average Bonchev–Trinajstić information content (AvgIpc) is 3.38. The fraction of sp³-hybridized carbons (Fsp3) is 1.00. The van der Waals surface area contributed by atoms with Crippen LogP contribution in [-0.4, -0.2) is 29.2 Å². The van der Waals surface area contributed by atoms with Crippen molar-refractivity contribution in [1.82, 2.24) is 0 Å². The Morgan fingerprint density at radius 1 is 0.197 bits per heavy atom. The van der Waals surface area contributed by atoms with Crippen molar-refractivity contribution < 1.29 is 4.48 Å². The van der Waals surface area contributed by atoms with Crippen LogP contribution in [0.15, 0.2) is 0 Å². The predicted octanol–water partition coefficient (Wildman–Crippen LogP) is 26.1. The molecule has 0 aromatic heterocycles. The van der Waals surface area contributed by atoms with Crippen LogP contribution in [0.3, 0.4) is 0 Å². The Morgan fingerprint density at radius 3 is 0.577 bits per heavy atom. The zero-order chi connectivity index (χ0) is 51.7. The van der Waals surface area contributed by atoms with Crippen LogP contribution in [0.4, 0.5) is 0 Å². The van der Waals surface area contributed by atoms with Gasteiger partial charge in [0, 0.05) is 19.3 Å². The van der Waals surface area contributed by atoms with Gasteiger partial charge in [0.15, 0.2) is 0 Å². The van der Waals surface area contributed by atoms with Gasteiger partial charge in [-0.25, -0.2) is 0 Å². The summed E-state index contributed by atoms with van der Waals surface area (Å²) < 4.78 is 1.58. The molecule has 0 aliphatic rings. The van der Waals surface area contributed by atoms with Crippen LogP contribution < -0.4 is 0 Å². The molecule has 0 radical (unpaired) electrons. The van der Waals surface area contributed by atoms with E-state index in [1.54, 1.807) is 23.7 Å². The highest BCUT2D eigenvalue weighted by atomic mass is 15.4. The van der Waals surface area contributed by atoms with E-state index < -0.39 is 0 Å². The lowest BCUT2D eigenvalue weighted by Gasteiger charge is -2.59. The first-order chi connectivity index (χ1) is 35.1. The number of nitrogens with zero attached hydrogens (tertiary/aromatic N) is 1. The van der Waals surface area contributed by atoms with Crippen LogP contribution in [0, 0.1) is 0 Å². The van der Waals surface area contributed by atoms with Crippen molar-refractivity contribution in [3.8, 4) is 0 Å². The molecule has 0 saturated heterocycles. The molecule has 0 heterocycles. The van der Waals surface area contributed by atoms with Gasteiger partial charge >= 0.3 is 0 Å². The molecule has 71 heavy (non-hydrogen) atoms. The Morgan fingerprint density at radius 2 is 0.366 bits per heavy atom. The third-order valence-electron chi connectivity index (χ3n) is 18.2. The monoisotopic (exact) mass is 999 g/mol. The van der Waals surface area contributed by atoms with Crippen molar-refractivity contribution in [3.05, 3.63) is 0 Å². The second-order valence-electron chi connectivity index (χ2n) is 24.8. The Kier molecular flexibility index (Phi) is 57.6. The molecule has 0 saturated carbocycles. The molecule has 0 N–H and O–H groups in total. The van der Waals surface area contributed by atoms with E-state index in [2.05, 4.69) is 48.5 Å². The summed E-state index contributed by atoms with van der Waals surface area (Å²) in [6, 6.07) is 0.882. The van der Waals surface area contributed by atoms with E-state index in [0.717, 1.165) is 6.04 Å². The summed E-state index contributed by atoms with van der Waals surface area (Å²) in [6.45, 7) is 19.8. The van der Waals surface area contributed by atoms with Crippen LogP contribution in [0.1, 0.15) is 427 Å². The van der Waals surface area contributed by atoms with Gasteiger partial charge in [0.25, 0.3) is 0 Å².